The van der Waals surface area contributed by atoms with Gasteiger partial charge in [-0.25, -0.2) is 0 Å². The summed E-state index contributed by atoms with van der Waals surface area (Å²) in [5.41, 5.74) is 6.93. The van der Waals surface area contributed by atoms with Gasteiger partial charge in [0.2, 0.25) is 0 Å². The molecule has 0 nitrogen and oxygen atoms in total. The van der Waals surface area contributed by atoms with Gasteiger partial charge in [-0.2, -0.15) is 0 Å². The molecule has 82 valence electrons. The van der Waals surface area contributed by atoms with E-state index >= 15 is 0 Å². The van der Waals surface area contributed by atoms with E-state index < -0.39 is 0 Å². The van der Waals surface area contributed by atoms with Gasteiger partial charge >= 0.3 is 0 Å². The largest absolute Gasteiger partial charge is 0.0909 e. The van der Waals surface area contributed by atoms with Gasteiger partial charge in [0, 0.05) is 0 Å². The minimum absolute atomic E-state index is 1.21. The number of rotatable bonds is 3. The molecular weight excluding hydrogens is 180 g/mol. The van der Waals surface area contributed by atoms with Crippen LogP contribution in [0.25, 0.3) is 0 Å². The van der Waals surface area contributed by atoms with Crippen molar-refractivity contribution >= 4 is 0 Å². The fourth-order valence-electron chi connectivity index (χ4n) is 2.20. The molecule has 0 amide bonds. The lowest BCUT2D eigenvalue weighted by atomic mass is 9.93. The molecule has 1 aliphatic rings. The van der Waals surface area contributed by atoms with E-state index in [2.05, 4.69) is 46.4 Å². The zero-order chi connectivity index (χ0) is 11.4. The van der Waals surface area contributed by atoms with Crippen LogP contribution in [-0.4, -0.2) is 0 Å². The smallest absolute Gasteiger partial charge is 0.0204 e. The fraction of sp³-hybridized carbons (Fsp3) is 0.467. The maximum Gasteiger partial charge on any atom is -0.0204 e. The predicted molar refractivity (Wildman–Crippen MR) is 68.9 cm³/mol. The van der Waals surface area contributed by atoms with Gasteiger partial charge in [-0.05, 0) is 63.7 Å². The van der Waals surface area contributed by atoms with Crippen molar-refractivity contribution in [3.8, 4) is 0 Å². The van der Waals surface area contributed by atoms with Gasteiger partial charge in [0.1, 0.15) is 0 Å². The summed E-state index contributed by atoms with van der Waals surface area (Å²) in [4.78, 5) is 0. The predicted octanol–water partition coefficient (Wildman–Crippen LogP) is 4.96. The molecular formula is C15H22. The molecule has 0 aromatic heterocycles. The Labute approximate surface area is 94.1 Å². The fourth-order valence-corrected chi connectivity index (χ4v) is 2.20. The molecule has 0 bridgehead atoms. The first-order chi connectivity index (χ1) is 7.07. The highest BCUT2D eigenvalue weighted by molar-refractivity contribution is 5.54. The third-order valence-corrected chi connectivity index (χ3v) is 3.06. The first-order valence-electron chi connectivity index (χ1n) is 5.76. The summed E-state index contributed by atoms with van der Waals surface area (Å²) in [6, 6.07) is 0. The van der Waals surface area contributed by atoms with E-state index in [-0.39, 0.29) is 0 Å². The molecule has 0 aliphatic heterocycles. The van der Waals surface area contributed by atoms with E-state index in [1.54, 1.807) is 0 Å². The topological polar surface area (TPSA) is 0 Å². The van der Waals surface area contributed by atoms with Gasteiger partial charge in [0.05, 0.1) is 0 Å². The van der Waals surface area contributed by atoms with Crippen molar-refractivity contribution in [2.24, 2.45) is 0 Å². The number of allylic oxidation sites excluding steroid dienone is 7. The molecule has 0 radical (unpaired) electrons. The highest BCUT2D eigenvalue weighted by atomic mass is 14.2. The van der Waals surface area contributed by atoms with Crippen LogP contribution in [0.3, 0.4) is 0 Å². The molecule has 0 aromatic rings. The van der Waals surface area contributed by atoms with Crippen LogP contribution >= 0.6 is 0 Å². The first kappa shape index (κ1) is 12.0. The van der Waals surface area contributed by atoms with Crippen LogP contribution < -0.4 is 0 Å². The first-order valence-corrected chi connectivity index (χ1v) is 5.76. The third kappa shape index (κ3) is 2.71. The van der Waals surface area contributed by atoms with E-state index in [0.29, 0.717) is 0 Å². The highest BCUT2D eigenvalue weighted by Crippen LogP contribution is 2.34. The lowest BCUT2D eigenvalue weighted by Crippen LogP contribution is -1.92. The Kier molecular flexibility index (Phi) is 4.14. The second kappa shape index (κ2) is 5.16. The molecule has 15 heavy (non-hydrogen) atoms. The summed E-state index contributed by atoms with van der Waals surface area (Å²) in [5.74, 6) is 0. The monoisotopic (exact) mass is 202 g/mol. The Morgan fingerprint density at radius 2 is 1.93 bits per heavy atom. The summed E-state index contributed by atoms with van der Waals surface area (Å²) in [7, 11) is 0. The van der Waals surface area contributed by atoms with E-state index in [0.717, 1.165) is 0 Å². The SMILES string of the molecule is C=C(C(/C=C\C)=C(C)C)C1=C(C)CCC1. The zero-order valence-electron chi connectivity index (χ0n) is 10.5. The summed E-state index contributed by atoms with van der Waals surface area (Å²) >= 11 is 0. The maximum absolute atomic E-state index is 4.26. The average Bonchev–Trinajstić information content (AvgIpc) is 2.59. The Morgan fingerprint density at radius 1 is 1.27 bits per heavy atom. The van der Waals surface area contributed by atoms with Gasteiger partial charge in [-0.3, -0.25) is 0 Å². The second-order valence-electron chi connectivity index (χ2n) is 4.50. The third-order valence-electron chi connectivity index (χ3n) is 3.06. The summed E-state index contributed by atoms with van der Waals surface area (Å²) in [6.45, 7) is 12.9. The molecule has 0 heterocycles. The van der Waals surface area contributed by atoms with Gasteiger partial charge in [0.15, 0.2) is 0 Å². The van der Waals surface area contributed by atoms with Crippen LogP contribution in [-0.2, 0) is 0 Å². The Morgan fingerprint density at radius 3 is 2.33 bits per heavy atom. The van der Waals surface area contributed by atoms with E-state index in [4.69, 9.17) is 0 Å². The number of hydrogen-bond acceptors (Lipinski definition) is 0. The molecule has 0 aromatic carbocycles. The molecule has 0 unspecified atom stereocenters. The Bertz CT molecular complexity index is 344. The van der Waals surface area contributed by atoms with Crippen molar-refractivity contribution in [1.82, 2.24) is 0 Å². The quantitative estimate of drug-likeness (QED) is 0.568. The number of hydrogen-bond donors (Lipinski definition) is 0. The van der Waals surface area contributed by atoms with Crippen LogP contribution in [0, 0.1) is 0 Å². The van der Waals surface area contributed by atoms with Crippen LogP contribution in [0.1, 0.15) is 47.0 Å². The maximum atomic E-state index is 4.26. The van der Waals surface area contributed by atoms with E-state index in [9.17, 15) is 0 Å². The minimum atomic E-state index is 1.21. The van der Waals surface area contributed by atoms with Crippen molar-refractivity contribution in [1.29, 1.82) is 0 Å². The van der Waals surface area contributed by atoms with Crippen LogP contribution in [0.4, 0.5) is 0 Å². The summed E-state index contributed by atoms with van der Waals surface area (Å²) in [6.07, 6.45) is 8.03. The lowest BCUT2D eigenvalue weighted by Gasteiger charge is -2.12. The van der Waals surface area contributed by atoms with Crippen LogP contribution in [0.2, 0.25) is 0 Å². The molecule has 0 N–H and O–H groups in total. The van der Waals surface area contributed by atoms with Gasteiger partial charge in [-0.15, -0.1) is 0 Å². The van der Waals surface area contributed by atoms with Crippen molar-refractivity contribution < 1.29 is 0 Å². The van der Waals surface area contributed by atoms with Crippen molar-refractivity contribution in [2.75, 3.05) is 0 Å². The molecule has 1 rings (SSSR count). The summed E-state index contributed by atoms with van der Waals surface area (Å²) in [5, 5.41) is 0. The van der Waals surface area contributed by atoms with Crippen LogP contribution in [0.5, 0.6) is 0 Å². The molecule has 1 aliphatic carbocycles. The standard InChI is InChI=1S/C15H22/c1-6-8-14(11(2)3)13(5)15-10-7-9-12(15)4/h6,8H,5,7,9-10H2,1-4H3/b8-6-. The van der Waals surface area contributed by atoms with Crippen molar-refractivity contribution in [3.63, 3.8) is 0 Å². The average molecular weight is 202 g/mol. The molecule has 0 saturated carbocycles. The Hall–Kier alpha value is -1.04. The second-order valence-corrected chi connectivity index (χ2v) is 4.50. The zero-order valence-corrected chi connectivity index (χ0v) is 10.5. The molecule has 0 heteroatoms. The molecule has 0 saturated heterocycles. The van der Waals surface area contributed by atoms with Crippen molar-refractivity contribution in [2.45, 2.75) is 47.0 Å². The lowest BCUT2D eigenvalue weighted by molar-refractivity contribution is 0.896. The molecule has 0 fully saturated rings. The van der Waals surface area contributed by atoms with Crippen molar-refractivity contribution in [3.05, 3.63) is 46.6 Å². The van der Waals surface area contributed by atoms with Gasteiger partial charge in [0.25, 0.3) is 0 Å². The van der Waals surface area contributed by atoms with E-state index in [1.807, 2.05) is 0 Å². The normalized spacial score (nSPS) is 16.3. The highest BCUT2D eigenvalue weighted by Gasteiger charge is 2.15. The van der Waals surface area contributed by atoms with Crippen LogP contribution in [0.15, 0.2) is 46.6 Å². The van der Waals surface area contributed by atoms with Gasteiger partial charge < -0.3 is 0 Å². The molecule has 0 atom stereocenters. The van der Waals surface area contributed by atoms with E-state index in [1.165, 1.54) is 47.1 Å². The summed E-state index contributed by atoms with van der Waals surface area (Å²) < 4.78 is 0. The molecule has 0 spiro atoms. The van der Waals surface area contributed by atoms with Gasteiger partial charge in [-0.1, -0.05) is 29.9 Å². The Balaban J connectivity index is 3.02. The minimum Gasteiger partial charge on any atom is -0.0909 e.